The minimum Gasteiger partial charge on any atom is -0.494 e. The Bertz CT molecular complexity index is 712. The molecule has 134 valence electrons. The van der Waals surface area contributed by atoms with Crippen LogP contribution < -0.4 is 4.74 Å². The monoisotopic (exact) mass is 348 g/mol. The summed E-state index contributed by atoms with van der Waals surface area (Å²) in [6.45, 7) is 2.78. The molecule has 1 aliphatic rings. The van der Waals surface area contributed by atoms with Crippen LogP contribution in [0.3, 0.4) is 0 Å². The molecule has 1 aliphatic heterocycles. The molecule has 1 saturated heterocycles. The molecule has 2 aromatic rings. The summed E-state index contributed by atoms with van der Waals surface area (Å²) in [5, 5.41) is 10.3. The molecule has 0 radical (unpaired) electrons. The van der Waals surface area contributed by atoms with Crippen LogP contribution in [-0.2, 0) is 0 Å². The Labute approximate surface area is 145 Å². The number of rotatable bonds is 5. The third kappa shape index (κ3) is 4.00. The summed E-state index contributed by atoms with van der Waals surface area (Å²) in [7, 11) is 1.40. The first-order valence-electron chi connectivity index (χ1n) is 8.15. The fourth-order valence-electron chi connectivity index (χ4n) is 2.93. The molecule has 7 heteroatoms. The zero-order valence-corrected chi connectivity index (χ0v) is 14.0. The molecule has 6 nitrogen and oxygen atoms in total. The number of hydrogen-bond acceptors (Lipinski definition) is 5. The number of aliphatic hydroxyl groups is 1. The van der Waals surface area contributed by atoms with E-state index in [1.807, 2.05) is 0 Å². The van der Waals surface area contributed by atoms with Crippen LogP contribution in [0.15, 0.2) is 41.0 Å². The predicted octanol–water partition coefficient (Wildman–Crippen LogP) is 1.92. The smallest absolute Gasteiger partial charge is 0.289 e. The number of β-amino-alcohol motifs (C(OH)–C–C–N with tert-alkyl or cyclic N) is 1. The maximum absolute atomic E-state index is 13.8. The number of amides is 1. The van der Waals surface area contributed by atoms with Crippen molar-refractivity contribution in [3.05, 3.63) is 53.7 Å². The van der Waals surface area contributed by atoms with E-state index in [-0.39, 0.29) is 11.7 Å². The molecule has 1 N–H and O–H groups in total. The lowest BCUT2D eigenvalue weighted by molar-refractivity contribution is 0.0503. The van der Waals surface area contributed by atoms with Gasteiger partial charge in [0.1, 0.15) is 0 Å². The van der Waals surface area contributed by atoms with Crippen LogP contribution in [0.4, 0.5) is 4.39 Å². The maximum atomic E-state index is 13.8. The number of benzene rings is 1. The van der Waals surface area contributed by atoms with E-state index in [2.05, 4.69) is 4.90 Å². The van der Waals surface area contributed by atoms with Gasteiger partial charge in [-0.3, -0.25) is 9.69 Å². The number of nitrogens with zero attached hydrogens (tertiary/aromatic N) is 2. The van der Waals surface area contributed by atoms with Crippen LogP contribution >= 0.6 is 0 Å². The van der Waals surface area contributed by atoms with Gasteiger partial charge in [0, 0.05) is 32.7 Å². The lowest BCUT2D eigenvalue weighted by Crippen LogP contribution is -2.49. The summed E-state index contributed by atoms with van der Waals surface area (Å²) >= 11 is 0. The molecule has 3 rings (SSSR count). The fourth-order valence-corrected chi connectivity index (χ4v) is 2.93. The molecule has 1 aromatic carbocycles. The summed E-state index contributed by atoms with van der Waals surface area (Å²) in [6, 6.07) is 7.79. The summed E-state index contributed by atoms with van der Waals surface area (Å²) in [4.78, 5) is 16.0. The Morgan fingerprint density at radius 3 is 2.68 bits per heavy atom. The van der Waals surface area contributed by atoms with E-state index in [1.54, 1.807) is 23.1 Å². The highest BCUT2D eigenvalue weighted by Crippen LogP contribution is 2.23. The standard InChI is InChI=1S/C18H21FN2O4/c1-24-16-5-4-13(11-14(16)19)15(22)12-20-6-8-21(9-7-20)18(23)17-3-2-10-25-17/h2-5,10-11,15,22H,6-9,12H2,1H3/t15-/m1/s1. The zero-order chi connectivity index (χ0) is 17.8. The van der Waals surface area contributed by atoms with Crippen molar-refractivity contribution in [3.8, 4) is 5.75 Å². The van der Waals surface area contributed by atoms with Crippen molar-refractivity contribution in [2.45, 2.75) is 6.10 Å². The minimum atomic E-state index is -0.798. The SMILES string of the molecule is COc1ccc([C@H](O)CN2CCN(C(=O)c3ccco3)CC2)cc1F. The summed E-state index contributed by atoms with van der Waals surface area (Å²) in [5.41, 5.74) is 0.507. The fraction of sp³-hybridized carbons (Fsp3) is 0.389. The molecule has 1 atom stereocenters. The number of furan rings is 1. The first-order chi connectivity index (χ1) is 12.1. The van der Waals surface area contributed by atoms with Crippen molar-refractivity contribution < 1.29 is 23.4 Å². The number of halogens is 1. The number of methoxy groups -OCH3 is 1. The van der Waals surface area contributed by atoms with Crippen LogP contribution in [0.5, 0.6) is 5.75 Å². The first-order valence-corrected chi connectivity index (χ1v) is 8.15. The Balaban J connectivity index is 1.53. The Kier molecular flexibility index (Phi) is 5.35. The molecule has 1 amide bonds. The molecule has 0 unspecified atom stereocenters. The van der Waals surface area contributed by atoms with E-state index in [0.717, 1.165) is 0 Å². The van der Waals surface area contributed by atoms with Gasteiger partial charge in [-0.05, 0) is 29.8 Å². The molecule has 1 aromatic heterocycles. The van der Waals surface area contributed by atoms with Gasteiger partial charge in [-0.2, -0.15) is 0 Å². The predicted molar refractivity (Wildman–Crippen MR) is 89.0 cm³/mol. The van der Waals surface area contributed by atoms with Crippen molar-refractivity contribution in [1.82, 2.24) is 9.80 Å². The number of aliphatic hydroxyl groups excluding tert-OH is 1. The normalized spacial score (nSPS) is 16.7. The number of carbonyl (C=O) groups is 1. The number of hydrogen-bond donors (Lipinski definition) is 1. The van der Waals surface area contributed by atoms with Crippen molar-refractivity contribution in [3.63, 3.8) is 0 Å². The van der Waals surface area contributed by atoms with E-state index in [0.29, 0.717) is 44.0 Å². The van der Waals surface area contributed by atoms with Gasteiger partial charge < -0.3 is 19.2 Å². The van der Waals surface area contributed by atoms with Gasteiger partial charge in [0.15, 0.2) is 17.3 Å². The number of ether oxygens (including phenoxy) is 1. The van der Waals surface area contributed by atoms with E-state index >= 15 is 0 Å². The second kappa shape index (κ2) is 7.67. The van der Waals surface area contributed by atoms with Gasteiger partial charge in [-0.25, -0.2) is 4.39 Å². The average molecular weight is 348 g/mol. The van der Waals surface area contributed by atoms with Crippen molar-refractivity contribution in [1.29, 1.82) is 0 Å². The third-order valence-electron chi connectivity index (χ3n) is 4.38. The summed E-state index contributed by atoms with van der Waals surface area (Å²) in [5.74, 6) is -0.126. The minimum absolute atomic E-state index is 0.123. The van der Waals surface area contributed by atoms with Crippen LogP contribution in [0, 0.1) is 5.82 Å². The zero-order valence-electron chi connectivity index (χ0n) is 14.0. The topological polar surface area (TPSA) is 66.2 Å². The van der Waals surface area contributed by atoms with Gasteiger partial charge in [0.05, 0.1) is 19.5 Å². The lowest BCUT2D eigenvalue weighted by Gasteiger charge is -2.35. The van der Waals surface area contributed by atoms with Crippen LogP contribution in [0.1, 0.15) is 22.2 Å². The van der Waals surface area contributed by atoms with Crippen LogP contribution in [0.25, 0.3) is 0 Å². The van der Waals surface area contributed by atoms with Gasteiger partial charge in [-0.15, -0.1) is 0 Å². The average Bonchev–Trinajstić information content (AvgIpc) is 3.16. The van der Waals surface area contributed by atoms with Gasteiger partial charge in [0.25, 0.3) is 5.91 Å². The molecular formula is C18H21FN2O4. The number of piperazine rings is 1. The molecule has 25 heavy (non-hydrogen) atoms. The third-order valence-corrected chi connectivity index (χ3v) is 4.38. The van der Waals surface area contributed by atoms with Gasteiger partial charge in [-0.1, -0.05) is 6.07 Å². The van der Waals surface area contributed by atoms with E-state index in [1.165, 1.54) is 25.5 Å². The highest BCUT2D eigenvalue weighted by Gasteiger charge is 2.25. The Hall–Kier alpha value is -2.38. The highest BCUT2D eigenvalue weighted by atomic mass is 19.1. The molecule has 1 fully saturated rings. The largest absolute Gasteiger partial charge is 0.494 e. The molecule has 0 aliphatic carbocycles. The van der Waals surface area contributed by atoms with Crippen LogP contribution in [0.2, 0.25) is 0 Å². The molecule has 0 bridgehead atoms. The highest BCUT2D eigenvalue weighted by molar-refractivity contribution is 5.91. The number of carbonyl (C=O) groups excluding carboxylic acids is 1. The van der Waals surface area contributed by atoms with E-state index < -0.39 is 11.9 Å². The molecule has 2 heterocycles. The molecule has 0 saturated carbocycles. The van der Waals surface area contributed by atoms with Crippen molar-refractivity contribution in [2.75, 3.05) is 39.8 Å². The van der Waals surface area contributed by atoms with Gasteiger partial charge >= 0.3 is 0 Å². The maximum Gasteiger partial charge on any atom is 0.289 e. The van der Waals surface area contributed by atoms with E-state index in [4.69, 9.17) is 9.15 Å². The Morgan fingerprint density at radius 2 is 2.08 bits per heavy atom. The van der Waals surface area contributed by atoms with E-state index in [9.17, 15) is 14.3 Å². The van der Waals surface area contributed by atoms with Crippen molar-refractivity contribution >= 4 is 5.91 Å². The second-order valence-corrected chi connectivity index (χ2v) is 5.98. The molecular weight excluding hydrogens is 327 g/mol. The molecule has 0 spiro atoms. The van der Waals surface area contributed by atoms with Gasteiger partial charge in [0.2, 0.25) is 0 Å². The summed E-state index contributed by atoms with van der Waals surface area (Å²) in [6.07, 6.45) is 0.682. The van der Waals surface area contributed by atoms with Crippen molar-refractivity contribution in [2.24, 2.45) is 0 Å². The summed E-state index contributed by atoms with van der Waals surface area (Å²) < 4.78 is 23.8. The lowest BCUT2D eigenvalue weighted by atomic mass is 10.1. The first kappa shape index (κ1) is 17.4. The van der Waals surface area contributed by atoms with Crippen LogP contribution in [-0.4, -0.2) is 60.6 Å². The second-order valence-electron chi connectivity index (χ2n) is 5.98. The quantitative estimate of drug-likeness (QED) is 0.894. The Morgan fingerprint density at radius 1 is 1.32 bits per heavy atom.